The molecule has 4 heterocycles. The van der Waals surface area contributed by atoms with E-state index >= 15 is 0 Å². The maximum Gasteiger partial charge on any atom is 0.314 e. The molecule has 0 saturated carbocycles. The van der Waals surface area contributed by atoms with E-state index in [0.29, 0.717) is 17.0 Å². The number of hydrogen-bond acceptors (Lipinski definition) is 7. The van der Waals surface area contributed by atoms with Gasteiger partial charge >= 0.3 is 6.43 Å². The van der Waals surface area contributed by atoms with Crippen LogP contribution < -0.4 is 0 Å². The van der Waals surface area contributed by atoms with Crippen LogP contribution in [0.4, 0.5) is 17.6 Å². The van der Waals surface area contributed by atoms with Crippen molar-refractivity contribution in [3.05, 3.63) is 65.9 Å². The van der Waals surface area contributed by atoms with Crippen molar-refractivity contribution in [2.45, 2.75) is 13.0 Å². The van der Waals surface area contributed by atoms with E-state index in [1.165, 1.54) is 10.9 Å². The Hall–Kier alpha value is -4.16. The summed E-state index contributed by atoms with van der Waals surface area (Å²) in [5.41, 5.74) is 1.12. The minimum Gasteiger partial charge on any atom is -0.415 e. The Morgan fingerprint density at radius 2 is 1.87 bits per heavy atom. The van der Waals surface area contributed by atoms with Crippen molar-refractivity contribution in [1.29, 1.82) is 0 Å². The first kappa shape index (κ1) is 18.8. The largest absolute Gasteiger partial charge is 0.415 e. The Morgan fingerprint density at radius 1 is 1.06 bits per heavy atom. The third-order valence-corrected chi connectivity index (χ3v) is 4.41. The molecule has 0 spiro atoms. The number of alkyl halides is 2. The van der Waals surface area contributed by atoms with Crippen molar-refractivity contribution in [1.82, 2.24) is 39.8 Å². The molecule has 0 aliphatic carbocycles. The first-order valence-corrected chi connectivity index (χ1v) is 8.78. The number of fused-ring (bicyclic) bond motifs is 1. The van der Waals surface area contributed by atoms with Crippen LogP contribution in [0.5, 0.6) is 0 Å². The summed E-state index contributed by atoms with van der Waals surface area (Å²) < 4.78 is 61.8. The number of aromatic nitrogens is 8. The van der Waals surface area contributed by atoms with Gasteiger partial charge in [-0.2, -0.15) is 13.9 Å². The van der Waals surface area contributed by atoms with Crippen molar-refractivity contribution in [2.75, 3.05) is 0 Å². The lowest BCUT2D eigenvalue weighted by molar-refractivity contribution is 0.116. The molecule has 5 aromatic rings. The second-order valence-electron chi connectivity index (χ2n) is 6.40. The molecule has 0 fully saturated rings. The lowest BCUT2D eigenvalue weighted by Crippen LogP contribution is -2.06. The third-order valence-electron chi connectivity index (χ3n) is 4.41. The molecular formula is C18H10F4N8O. The van der Waals surface area contributed by atoms with E-state index in [1.807, 2.05) is 0 Å². The minimum atomic E-state index is -2.99. The zero-order chi connectivity index (χ0) is 21.5. The molecule has 0 aliphatic rings. The zero-order valence-electron chi connectivity index (χ0n) is 15.3. The van der Waals surface area contributed by atoms with Crippen LogP contribution in [-0.2, 0) is 6.54 Å². The summed E-state index contributed by atoms with van der Waals surface area (Å²) in [7, 11) is 0. The van der Waals surface area contributed by atoms with Gasteiger partial charge < -0.3 is 4.42 Å². The predicted molar refractivity (Wildman–Crippen MR) is 95.7 cm³/mol. The lowest BCUT2D eigenvalue weighted by Gasteiger charge is -2.06. The van der Waals surface area contributed by atoms with E-state index in [-0.39, 0.29) is 17.7 Å². The molecule has 1 aromatic carbocycles. The zero-order valence-corrected chi connectivity index (χ0v) is 15.3. The molecule has 13 heteroatoms. The van der Waals surface area contributed by atoms with E-state index < -0.39 is 29.8 Å². The molecule has 0 radical (unpaired) electrons. The second-order valence-corrected chi connectivity index (χ2v) is 6.40. The standard InChI is InChI=1S/C18H10F4N8O/c19-11-4-9(17-26-27-18(31-17)16(21)22)5-12(20)10(11)7-29-8-13(25-28-29)14-6-23-15-2-1-3-24-30(14)15/h1-6,8,16H,7H2. The van der Waals surface area contributed by atoms with Crippen molar-refractivity contribution < 1.29 is 22.0 Å². The molecule has 0 N–H and O–H groups in total. The Kier molecular flexibility index (Phi) is 4.42. The van der Waals surface area contributed by atoms with Gasteiger partial charge in [0.25, 0.3) is 5.89 Å². The van der Waals surface area contributed by atoms with E-state index in [4.69, 9.17) is 4.42 Å². The highest BCUT2D eigenvalue weighted by Gasteiger charge is 2.20. The molecular weight excluding hydrogens is 420 g/mol. The number of hydrogen-bond donors (Lipinski definition) is 0. The molecule has 4 aromatic heterocycles. The Morgan fingerprint density at radius 3 is 2.61 bits per heavy atom. The van der Waals surface area contributed by atoms with Gasteiger partial charge in [-0.05, 0) is 24.3 Å². The van der Waals surface area contributed by atoms with Gasteiger partial charge in [-0.1, -0.05) is 5.21 Å². The normalized spacial score (nSPS) is 11.6. The molecule has 156 valence electrons. The topological polar surface area (TPSA) is 99.8 Å². The number of rotatable bonds is 5. The smallest absolute Gasteiger partial charge is 0.314 e. The Balaban J connectivity index is 1.43. The van der Waals surface area contributed by atoms with Gasteiger partial charge in [-0.15, -0.1) is 15.3 Å². The van der Waals surface area contributed by atoms with Crippen LogP contribution in [0.15, 0.2) is 47.3 Å². The first-order chi connectivity index (χ1) is 15.0. The van der Waals surface area contributed by atoms with Gasteiger partial charge in [0.2, 0.25) is 5.89 Å². The summed E-state index contributed by atoms with van der Waals surface area (Å²) in [6.07, 6.45) is 1.66. The summed E-state index contributed by atoms with van der Waals surface area (Å²) in [5.74, 6) is -3.21. The average molecular weight is 430 g/mol. The summed E-state index contributed by atoms with van der Waals surface area (Å²) in [6.45, 7) is -0.263. The molecule has 0 bridgehead atoms. The second kappa shape index (κ2) is 7.27. The molecule has 0 amide bonds. The average Bonchev–Trinajstić information content (AvgIpc) is 3.49. The number of imidazole rings is 1. The highest BCUT2D eigenvalue weighted by molar-refractivity contribution is 5.58. The van der Waals surface area contributed by atoms with Crippen LogP contribution in [0.2, 0.25) is 0 Å². The van der Waals surface area contributed by atoms with Crippen LogP contribution in [-0.4, -0.2) is 39.8 Å². The molecule has 0 unspecified atom stereocenters. The maximum atomic E-state index is 14.6. The van der Waals surface area contributed by atoms with Crippen LogP contribution in [0, 0.1) is 11.6 Å². The quantitative estimate of drug-likeness (QED) is 0.395. The van der Waals surface area contributed by atoms with Gasteiger partial charge in [0.15, 0.2) is 5.65 Å². The Bertz CT molecular complexity index is 1370. The number of nitrogens with zero attached hydrogens (tertiary/aromatic N) is 8. The third kappa shape index (κ3) is 3.39. The first-order valence-electron chi connectivity index (χ1n) is 8.78. The molecule has 31 heavy (non-hydrogen) atoms. The predicted octanol–water partition coefficient (Wildman–Crippen LogP) is 3.30. The van der Waals surface area contributed by atoms with Gasteiger partial charge in [0.1, 0.15) is 23.0 Å². The SMILES string of the molecule is Fc1cc(-c2nnc(C(F)F)o2)cc(F)c1Cn1cc(-c2cnc3cccnn23)nn1. The van der Waals surface area contributed by atoms with E-state index in [9.17, 15) is 17.6 Å². The van der Waals surface area contributed by atoms with Gasteiger partial charge in [0, 0.05) is 17.3 Å². The van der Waals surface area contributed by atoms with Crippen molar-refractivity contribution in [3.63, 3.8) is 0 Å². The fourth-order valence-corrected chi connectivity index (χ4v) is 2.98. The Labute approximate surface area is 170 Å². The summed E-state index contributed by atoms with van der Waals surface area (Å²) in [4.78, 5) is 4.20. The van der Waals surface area contributed by atoms with Crippen LogP contribution in [0.1, 0.15) is 17.9 Å². The van der Waals surface area contributed by atoms with Gasteiger partial charge in [-0.25, -0.2) is 23.0 Å². The summed E-state index contributed by atoms with van der Waals surface area (Å²) in [6, 6.07) is 5.35. The lowest BCUT2D eigenvalue weighted by atomic mass is 10.1. The number of halogens is 4. The molecule has 5 rings (SSSR count). The summed E-state index contributed by atoms with van der Waals surface area (Å²) in [5, 5.41) is 18.6. The van der Waals surface area contributed by atoms with E-state index in [1.54, 1.807) is 29.0 Å². The van der Waals surface area contributed by atoms with Crippen LogP contribution >= 0.6 is 0 Å². The van der Waals surface area contributed by atoms with Crippen molar-refractivity contribution in [3.8, 4) is 22.8 Å². The molecule has 0 aliphatic heterocycles. The fourth-order valence-electron chi connectivity index (χ4n) is 2.98. The summed E-state index contributed by atoms with van der Waals surface area (Å²) >= 11 is 0. The van der Waals surface area contributed by atoms with E-state index in [0.717, 1.165) is 12.1 Å². The van der Waals surface area contributed by atoms with Crippen molar-refractivity contribution in [2.24, 2.45) is 0 Å². The molecule has 9 nitrogen and oxygen atoms in total. The molecule has 0 saturated heterocycles. The highest BCUT2D eigenvalue weighted by Crippen LogP contribution is 2.27. The van der Waals surface area contributed by atoms with Crippen LogP contribution in [0.25, 0.3) is 28.5 Å². The molecule has 0 atom stereocenters. The van der Waals surface area contributed by atoms with Gasteiger partial charge in [0.05, 0.1) is 18.9 Å². The fraction of sp³-hybridized carbons (Fsp3) is 0.111. The number of benzene rings is 1. The van der Waals surface area contributed by atoms with Gasteiger partial charge in [-0.3, -0.25) is 0 Å². The monoisotopic (exact) mass is 430 g/mol. The van der Waals surface area contributed by atoms with Crippen molar-refractivity contribution >= 4 is 5.65 Å². The van der Waals surface area contributed by atoms with E-state index in [2.05, 4.69) is 30.6 Å². The highest BCUT2D eigenvalue weighted by atomic mass is 19.3. The minimum absolute atomic E-state index is 0.158. The maximum absolute atomic E-state index is 14.6. The van der Waals surface area contributed by atoms with Crippen LogP contribution in [0.3, 0.4) is 0 Å².